The molecule has 0 aliphatic heterocycles. The molecular weight excluding hydrogens is 239 g/mol. The van der Waals surface area contributed by atoms with Gasteiger partial charge >= 0.3 is 0 Å². The zero-order valence-corrected chi connectivity index (χ0v) is 8.60. The first-order chi connectivity index (χ1) is 6.19. The molecule has 0 aromatic heterocycles. The highest BCUT2D eigenvalue weighted by Crippen LogP contribution is 2.29. The van der Waals surface area contributed by atoms with Crippen molar-refractivity contribution >= 4 is 22.2 Å². The minimum absolute atomic E-state index is 0.162. The lowest BCUT2D eigenvalue weighted by atomic mass is 10.1. The quantitative estimate of drug-likeness (QED) is 0.766. The average Bonchev–Trinajstić information content (AvgIpc) is 2.04. The topological polar surface area (TPSA) is 26.3 Å². The lowest BCUT2D eigenvalue weighted by Gasteiger charge is -2.05. The summed E-state index contributed by atoms with van der Waals surface area (Å²) in [4.78, 5) is 10.2. The minimum Gasteiger partial charge on any atom is -0.492 e. The Morgan fingerprint density at radius 3 is 2.77 bits per heavy atom. The monoisotopic (exact) mass is 246 g/mol. The Bertz CT molecular complexity index is 302. The van der Waals surface area contributed by atoms with Crippen molar-refractivity contribution < 1.29 is 13.9 Å². The number of benzene rings is 1. The summed E-state index contributed by atoms with van der Waals surface area (Å²) in [5, 5.41) is 0. The van der Waals surface area contributed by atoms with Gasteiger partial charge in [0.25, 0.3) is 0 Å². The van der Waals surface area contributed by atoms with Gasteiger partial charge in [0, 0.05) is 6.42 Å². The Morgan fingerprint density at radius 1 is 1.62 bits per heavy atom. The number of carbonyl (C=O) groups excluding carboxylic acids is 1. The number of halogens is 2. The number of rotatable bonds is 3. The van der Waals surface area contributed by atoms with Gasteiger partial charge in [-0.1, -0.05) is 0 Å². The van der Waals surface area contributed by atoms with Crippen molar-refractivity contribution in [3.63, 3.8) is 0 Å². The molecule has 0 N–H and O–H groups in total. The summed E-state index contributed by atoms with van der Waals surface area (Å²) < 4.78 is 18.5. The fourth-order valence-electron chi connectivity index (χ4n) is 1.02. The lowest BCUT2D eigenvalue weighted by Crippen LogP contribution is -1.93. The summed E-state index contributed by atoms with van der Waals surface area (Å²) in [6, 6.07) is 2.95. The Hall–Kier alpha value is -0.900. The van der Waals surface area contributed by atoms with E-state index in [1.165, 1.54) is 13.2 Å². The Kier molecular flexibility index (Phi) is 3.42. The number of hydrogen-bond acceptors (Lipinski definition) is 2. The third kappa shape index (κ3) is 2.28. The van der Waals surface area contributed by atoms with Crippen LogP contribution in [0.2, 0.25) is 0 Å². The van der Waals surface area contributed by atoms with Crippen LogP contribution in [0, 0.1) is 5.82 Å². The van der Waals surface area contributed by atoms with Crippen LogP contribution in [0.15, 0.2) is 16.6 Å². The molecule has 1 rings (SSSR count). The minimum atomic E-state index is -0.464. The molecule has 1 aromatic rings. The van der Waals surface area contributed by atoms with E-state index >= 15 is 0 Å². The molecule has 0 saturated carbocycles. The van der Waals surface area contributed by atoms with Gasteiger partial charge in [-0.2, -0.15) is 0 Å². The Labute approximate surface area is 83.8 Å². The smallest absolute Gasteiger partial charge is 0.168 e. The summed E-state index contributed by atoms with van der Waals surface area (Å²) in [6.45, 7) is 0. The molecule has 2 nitrogen and oxygen atoms in total. The molecule has 0 saturated heterocycles. The van der Waals surface area contributed by atoms with Gasteiger partial charge < -0.3 is 9.53 Å². The molecule has 0 spiro atoms. The molecular formula is C9H8BrFO2. The first-order valence-corrected chi connectivity index (χ1v) is 4.44. The second-order valence-corrected chi connectivity index (χ2v) is 3.32. The van der Waals surface area contributed by atoms with Crippen molar-refractivity contribution in [3.05, 3.63) is 28.0 Å². The molecule has 0 atom stereocenters. The van der Waals surface area contributed by atoms with Gasteiger partial charge in [0.05, 0.1) is 11.6 Å². The van der Waals surface area contributed by atoms with E-state index in [2.05, 4.69) is 15.9 Å². The largest absolute Gasteiger partial charge is 0.492 e. The van der Waals surface area contributed by atoms with Crippen LogP contribution in [0.5, 0.6) is 5.75 Å². The summed E-state index contributed by atoms with van der Waals surface area (Å²) >= 11 is 3.15. The SMILES string of the molecule is COc1c(F)cc(CC=O)cc1Br. The highest BCUT2D eigenvalue weighted by atomic mass is 79.9. The molecule has 0 amide bonds. The second kappa shape index (κ2) is 4.37. The molecule has 1 aromatic carbocycles. The first-order valence-electron chi connectivity index (χ1n) is 3.64. The molecule has 4 heteroatoms. The van der Waals surface area contributed by atoms with Gasteiger partial charge in [0.1, 0.15) is 6.29 Å². The van der Waals surface area contributed by atoms with Crippen molar-refractivity contribution in [3.8, 4) is 5.75 Å². The van der Waals surface area contributed by atoms with Crippen LogP contribution < -0.4 is 4.74 Å². The van der Waals surface area contributed by atoms with E-state index in [1.54, 1.807) is 6.07 Å². The predicted octanol–water partition coefficient (Wildman–Crippen LogP) is 2.34. The molecule has 13 heavy (non-hydrogen) atoms. The van der Waals surface area contributed by atoms with E-state index in [-0.39, 0.29) is 12.2 Å². The van der Waals surface area contributed by atoms with Gasteiger partial charge in [-0.25, -0.2) is 4.39 Å². The van der Waals surface area contributed by atoms with Crippen molar-refractivity contribution in [1.29, 1.82) is 0 Å². The van der Waals surface area contributed by atoms with Crippen LogP contribution in [-0.4, -0.2) is 13.4 Å². The fourth-order valence-corrected chi connectivity index (χ4v) is 1.67. The number of carbonyl (C=O) groups is 1. The Balaban J connectivity index is 3.12. The lowest BCUT2D eigenvalue weighted by molar-refractivity contribution is -0.107. The maximum Gasteiger partial charge on any atom is 0.168 e. The number of hydrogen-bond donors (Lipinski definition) is 0. The molecule has 0 aliphatic carbocycles. The third-order valence-corrected chi connectivity index (χ3v) is 2.17. The maximum atomic E-state index is 13.2. The molecule has 70 valence electrons. The van der Waals surface area contributed by atoms with Gasteiger partial charge in [-0.05, 0) is 33.6 Å². The zero-order valence-electron chi connectivity index (χ0n) is 7.01. The summed E-state index contributed by atoms with van der Waals surface area (Å²) in [7, 11) is 1.39. The number of aldehydes is 1. The first kappa shape index (κ1) is 10.2. The summed E-state index contributed by atoms with van der Waals surface area (Å²) in [6.07, 6.45) is 0.938. The standard InChI is InChI=1S/C9H8BrFO2/c1-13-9-7(10)4-6(2-3-12)5-8(9)11/h3-5H,2H2,1H3. The van der Waals surface area contributed by atoms with E-state index in [0.29, 0.717) is 10.0 Å². The van der Waals surface area contributed by atoms with E-state index in [1.807, 2.05) is 0 Å². The normalized spacial score (nSPS) is 9.77. The van der Waals surface area contributed by atoms with Gasteiger partial charge in [-0.3, -0.25) is 0 Å². The van der Waals surface area contributed by atoms with Crippen molar-refractivity contribution in [2.45, 2.75) is 6.42 Å². The maximum absolute atomic E-state index is 13.2. The average molecular weight is 247 g/mol. The second-order valence-electron chi connectivity index (χ2n) is 2.46. The van der Waals surface area contributed by atoms with Crippen LogP contribution >= 0.6 is 15.9 Å². The van der Waals surface area contributed by atoms with Crippen LogP contribution in [0.25, 0.3) is 0 Å². The van der Waals surface area contributed by atoms with E-state index in [4.69, 9.17) is 4.74 Å². The summed E-state index contributed by atoms with van der Waals surface area (Å²) in [5.74, 6) is -0.302. The van der Waals surface area contributed by atoms with E-state index in [9.17, 15) is 9.18 Å². The summed E-state index contributed by atoms with van der Waals surface area (Å²) in [5.41, 5.74) is 0.625. The Morgan fingerprint density at radius 2 is 2.31 bits per heavy atom. The molecule has 0 bridgehead atoms. The number of ether oxygens (including phenoxy) is 1. The number of methoxy groups -OCH3 is 1. The van der Waals surface area contributed by atoms with Crippen molar-refractivity contribution in [2.75, 3.05) is 7.11 Å². The molecule has 0 unspecified atom stereocenters. The van der Waals surface area contributed by atoms with E-state index < -0.39 is 5.82 Å². The van der Waals surface area contributed by atoms with Crippen LogP contribution in [0.4, 0.5) is 4.39 Å². The van der Waals surface area contributed by atoms with Crippen LogP contribution in [0.3, 0.4) is 0 Å². The third-order valence-electron chi connectivity index (χ3n) is 1.58. The highest BCUT2D eigenvalue weighted by Gasteiger charge is 2.08. The zero-order chi connectivity index (χ0) is 9.84. The van der Waals surface area contributed by atoms with Crippen molar-refractivity contribution in [1.82, 2.24) is 0 Å². The fraction of sp³-hybridized carbons (Fsp3) is 0.222. The van der Waals surface area contributed by atoms with Gasteiger partial charge in [0.2, 0.25) is 0 Å². The molecule has 0 heterocycles. The molecule has 0 aliphatic rings. The highest BCUT2D eigenvalue weighted by molar-refractivity contribution is 9.10. The van der Waals surface area contributed by atoms with Gasteiger partial charge in [-0.15, -0.1) is 0 Å². The van der Waals surface area contributed by atoms with Gasteiger partial charge in [0.15, 0.2) is 11.6 Å². The van der Waals surface area contributed by atoms with Crippen molar-refractivity contribution in [2.24, 2.45) is 0 Å². The van der Waals surface area contributed by atoms with Crippen LogP contribution in [0.1, 0.15) is 5.56 Å². The predicted molar refractivity (Wildman–Crippen MR) is 50.4 cm³/mol. The molecule has 0 radical (unpaired) electrons. The van der Waals surface area contributed by atoms with Crippen LogP contribution in [-0.2, 0) is 11.2 Å². The van der Waals surface area contributed by atoms with E-state index in [0.717, 1.165) is 6.29 Å². The molecule has 0 fully saturated rings.